The van der Waals surface area contributed by atoms with E-state index in [1.807, 2.05) is 0 Å². The summed E-state index contributed by atoms with van der Waals surface area (Å²) >= 11 is -1.52. The summed E-state index contributed by atoms with van der Waals surface area (Å²) in [5.41, 5.74) is 4.73. The van der Waals surface area contributed by atoms with Gasteiger partial charge in [-0.25, -0.2) is 0 Å². The Bertz CT molecular complexity index is 389. The molecule has 1 atom stereocenters. The fourth-order valence-corrected chi connectivity index (χ4v) is 6.15. The van der Waals surface area contributed by atoms with Gasteiger partial charge >= 0.3 is 107 Å². The van der Waals surface area contributed by atoms with Crippen molar-refractivity contribution in [1.82, 2.24) is 3.80 Å². The third-order valence-electron chi connectivity index (χ3n) is 3.49. The normalized spacial score (nSPS) is 19.6. The first-order valence-electron chi connectivity index (χ1n) is 6.01. The molecule has 0 aromatic heterocycles. The first-order chi connectivity index (χ1) is 7.15. The first-order valence-corrected chi connectivity index (χ1v) is 8.67. The van der Waals surface area contributed by atoms with Crippen molar-refractivity contribution in [3.8, 4) is 0 Å². The van der Waals surface area contributed by atoms with E-state index in [9.17, 15) is 0 Å². The molecule has 1 unspecified atom stereocenters. The van der Waals surface area contributed by atoms with Gasteiger partial charge in [0.15, 0.2) is 0 Å². The van der Waals surface area contributed by atoms with Gasteiger partial charge in [-0.3, -0.25) is 0 Å². The molecule has 1 N–H and O–H groups in total. The Morgan fingerprint density at radius 3 is 1.78 bits per heavy atom. The minimum absolute atomic E-state index is 0. The molecule has 0 bridgehead atoms. The molecule has 0 heterocycles. The van der Waals surface area contributed by atoms with Crippen molar-refractivity contribution in [3.05, 3.63) is 20.6 Å². The van der Waals surface area contributed by atoms with Crippen molar-refractivity contribution >= 4 is 29.6 Å². The molecule has 0 saturated carbocycles. The molecule has 4 heteroatoms. The Balaban J connectivity index is 0. The SMILES string of the molecule is Cl.Cl.[CH2]=[Ti]([NH]C(C)(C)C)[C]1=C(C)C(C)=C(C)C1C. The molecule has 0 amide bonds. The van der Waals surface area contributed by atoms with Crippen LogP contribution in [0.15, 0.2) is 20.6 Å². The molecule has 0 aliphatic heterocycles. The van der Waals surface area contributed by atoms with Crippen LogP contribution in [0.3, 0.4) is 0 Å². The van der Waals surface area contributed by atoms with Crippen molar-refractivity contribution in [2.24, 2.45) is 5.92 Å². The Hall–Kier alpha value is 0.604. The summed E-state index contributed by atoms with van der Waals surface area (Å²) in [6.07, 6.45) is 0. The van der Waals surface area contributed by atoms with Crippen molar-refractivity contribution in [2.45, 2.75) is 54.0 Å². The summed E-state index contributed by atoms with van der Waals surface area (Å²) in [7, 11) is 0. The molecular formula is C14H27Cl2NTi. The average molecular weight is 328 g/mol. The van der Waals surface area contributed by atoms with E-state index < -0.39 is 17.7 Å². The van der Waals surface area contributed by atoms with E-state index in [1.165, 1.54) is 16.7 Å². The van der Waals surface area contributed by atoms with Crippen molar-refractivity contribution in [1.29, 1.82) is 0 Å². The fourth-order valence-electron chi connectivity index (χ4n) is 2.37. The van der Waals surface area contributed by atoms with E-state index in [1.54, 1.807) is 3.88 Å². The van der Waals surface area contributed by atoms with Crippen LogP contribution in [0.5, 0.6) is 0 Å². The van der Waals surface area contributed by atoms with Crippen LogP contribution in [0, 0.1) is 5.92 Å². The summed E-state index contributed by atoms with van der Waals surface area (Å²) in [6.45, 7) is 15.8. The molecular weight excluding hydrogens is 301 g/mol. The van der Waals surface area contributed by atoms with Gasteiger partial charge in [0.25, 0.3) is 0 Å². The second-order valence-corrected chi connectivity index (χ2v) is 8.65. The van der Waals surface area contributed by atoms with Crippen LogP contribution < -0.4 is 3.80 Å². The van der Waals surface area contributed by atoms with E-state index in [4.69, 9.17) is 0 Å². The van der Waals surface area contributed by atoms with Gasteiger partial charge in [0.05, 0.1) is 0 Å². The summed E-state index contributed by atoms with van der Waals surface area (Å²) < 4.78 is 5.36. The molecule has 0 saturated heterocycles. The second-order valence-electron chi connectivity index (χ2n) is 5.92. The van der Waals surface area contributed by atoms with Crippen molar-refractivity contribution in [3.63, 3.8) is 0 Å². The summed E-state index contributed by atoms with van der Waals surface area (Å²) in [5.74, 6) is 0.613. The number of hydrogen-bond acceptors (Lipinski definition) is 1. The third-order valence-corrected chi connectivity index (χ3v) is 7.41. The zero-order valence-electron chi connectivity index (χ0n) is 12.6. The molecule has 0 spiro atoms. The van der Waals surface area contributed by atoms with Gasteiger partial charge in [0.1, 0.15) is 0 Å². The fraction of sp³-hybridized carbons (Fsp3) is 0.643. The van der Waals surface area contributed by atoms with Gasteiger partial charge in [0, 0.05) is 0 Å². The minimum atomic E-state index is -1.52. The van der Waals surface area contributed by atoms with E-state index in [0.717, 1.165) is 0 Å². The molecule has 18 heavy (non-hydrogen) atoms. The van der Waals surface area contributed by atoms with Crippen LogP contribution in [0.25, 0.3) is 0 Å². The van der Waals surface area contributed by atoms with Crippen LogP contribution in [-0.2, 0) is 17.7 Å². The first kappa shape index (κ1) is 20.9. The number of hydrogen-bond donors (Lipinski definition) is 1. The van der Waals surface area contributed by atoms with Crippen LogP contribution >= 0.6 is 24.8 Å². The van der Waals surface area contributed by atoms with Gasteiger partial charge in [-0.1, -0.05) is 0 Å². The molecule has 0 aromatic rings. The monoisotopic (exact) mass is 327 g/mol. The molecule has 0 fully saturated rings. The van der Waals surface area contributed by atoms with E-state index in [2.05, 4.69) is 57.1 Å². The third kappa shape index (κ3) is 4.61. The van der Waals surface area contributed by atoms with Crippen molar-refractivity contribution < 1.29 is 17.7 Å². The van der Waals surface area contributed by atoms with Gasteiger partial charge in [-0.15, -0.1) is 24.8 Å². The summed E-state index contributed by atoms with van der Waals surface area (Å²) in [5, 5.41) is 0. The molecule has 1 nitrogen and oxygen atoms in total. The zero-order valence-corrected chi connectivity index (χ0v) is 15.8. The van der Waals surface area contributed by atoms with E-state index in [0.29, 0.717) is 5.92 Å². The van der Waals surface area contributed by atoms with E-state index >= 15 is 0 Å². The number of rotatable bonds is 2. The zero-order chi connectivity index (χ0) is 12.7. The Labute approximate surface area is 131 Å². The van der Waals surface area contributed by atoms with Crippen LogP contribution in [0.2, 0.25) is 0 Å². The predicted octanol–water partition coefficient (Wildman–Crippen LogP) is 4.44. The Morgan fingerprint density at radius 2 is 1.50 bits per heavy atom. The van der Waals surface area contributed by atoms with Gasteiger partial charge in [-0.05, 0) is 0 Å². The van der Waals surface area contributed by atoms with Crippen LogP contribution in [0.4, 0.5) is 0 Å². The molecule has 0 radical (unpaired) electrons. The number of nitrogens with one attached hydrogen (secondary N) is 1. The second kappa shape index (κ2) is 7.40. The van der Waals surface area contributed by atoms with Crippen molar-refractivity contribution in [2.75, 3.05) is 0 Å². The average Bonchev–Trinajstić information content (AvgIpc) is 2.28. The molecule has 0 aromatic carbocycles. The van der Waals surface area contributed by atoms with Gasteiger partial charge in [0.2, 0.25) is 0 Å². The summed E-state index contributed by atoms with van der Waals surface area (Å²) in [4.78, 5) is 4.45. The topological polar surface area (TPSA) is 12.0 Å². The number of allylic oxidation sites excluding steroid dienone is 4. The Kier molecular flexibility index (Phi) is 8.60. The van der Waals surface area contributed by atoms with Crippen LogP contribution in [-0.4, -0.2) is 10.4 Å². The van der Waals surface area contributed by atoms with Gasteiger partial charge < -0.3 is 0 Å². The molecule has 1 aliphatic carbocycles. The standard InChI is InChI=1S/C9H13.C4H10N.CH2.2ClH.Ti/c1-6-5-7(2)9(4)8(6)3;1-4(2,3)5;;;;/h6H,1-4H3;5H,1-3H3;1H2;2*1H;/q;-1;;;;+1. The Morgan fingerprint density at radius 1 is 1.06 bits per heavy atom. The maximum absolute atomic E-state index is 4.45. The number of halogens is 2. The van der Waals surface area contributed by atoms with E-state index in [-0.39, 0.29) is 30.4 Å². The predicted molar refractivity (Wildman–Crippen MR) is 84.7 cm³/mol. The van der Waals surface area contributed by atoms with Crippen LogP contribution in [0.1, 0.15) is 48.5 Å². The summed E-state index contributed by atoms with van der Waals surface area (Å²) in [6, 6.07) is 0. The quantitative estimate of drug-likeness (QED) is 0.739. The van der Waals surface area contributed by atoms with Gasteiger partial charge in [-0.2, -0.15) is 0 Å². The maximum atomic E-state index is 4.45. The molecule has 1 aliphatic rings. The molecule has 1 rings (SSSR count). The molecule has 106 valence electrons.